The summed E-state index contributed by atoms with van der Waals surface area (Å²) < 4.78 is 13.7. The number of hydrogen-bond donors (Lipinski definition) is 2. The molecule has 0 fully saturated rings. The molecule has 1 aliphatic carbocycles. The normalized spacial score (nSPS) is 16.6. The predicted molar refractivity (Wildman–Crippen MR) is 63.7 cm³/mol. The van der Waals surface area contributed by atoms with E-state index in [9.17, 15) is 14.3 Å². The monoisotopic (exact) mass is 237 g/mol. The molecule has 4 heteroatoms. The van der Waals surface area contributed by atoms with Crippen LogP contribution in [0.5, 0.6) is 0 Å². The number of carbonyl (C=O) groups excluding carboxylic acids is 1. The molecule has 2 N–H and O–H groups in total. The van der Waals surface area contributed by atoms with Crippen LogP contribution in [0.25, 0.3) is 0 Å². The Balaban J connectivity index is 2.59. The van der Waals surface area contributed by atoms with Gasteiger partial charge in [0, 0.05) is 12.0 Å². The second kappa shape index (κ2) is 4.45. The topological polar surface area (TPSA) is 49.3 Å². The Morgan fingerprint density at radius 2 is 2.18 bits per heavy atom. The first-order valence-electron chi connectivity index (χ1n) is 5.80. The van der Waals surface area contributed by atoms with Crippen molar-refractivity contribution in [1.29, 1.82) is 0 Å². The van der Waals surface area contributed by atoms with Gasteiger partial charge >= 0.3 is 0 Å². The zero-order chi connectivity index (χ0) is 12.6. The van der Waals surface area contributed by atoms with Crippen molar-refractivity contribution in [3.05, 3.63) is 28.6 Å². The molecule has 92 valence electrons. The van der Waals surface area contributed by atoms with Crippen molar-refractivity contribution in [3.8, 4) is 0 Å². The van der Waals surface area contributed by atoms with Crippen LogP contribution in [0, 0.1) is 12.7 Å². The van der Waals surface area contributed by atoms with Gasteiger partial charge in [-0.1, -0.05) is 0 Å². The van der Waals surface area contributed by atoms with Crippen LogP contribution >= 0.6 is 0 Å². The number of Topliss-reactive ketones (excluding diaryl/α,β-unsaturated/α-hetero) is 1. The Morgan fingerprint density at radius 3 is 2.82 bits per heavy atom. The Labute approximate surface area is 99.7 Å². The summed E-state index contributed by atoms with van der Waals surface area (Å²) >= 11 is 0. The van der Waals surface area contributed by atoms with Crippen molar-refractivity contribution in [2.24, 2.45) is 0 Å². The van der Waals surface area contributed by atoms with E-state index < -0.39 is 6.23 Å². The first kappa shape index (κ1) is 12.0. The zero-order valence-electron chi connectivity index (χ0n) is 10.0. The number of fused-ring (bicyclic) bond motifs is 1. The van der Waals surface area contributed by atoms with Gasteiger partial charge in [0.2, 0.25) is 0 Å². The van der Waals surface area contributed by atoms with Crippen LogP contribution in [0.2, 0.25) is 0 Å². The van der Waals surface area contributed by atoms with Gasteiger partial charge in [0.25, 0.3) is 0 Å². The molecule has 1 aromatic carbocycles. The minimum absolute atomic E-state index is 0.0255. The summed E-state index contributed by atoms with van der Waals surface area (Å²) in [6, 6.07) is 1.30. The summed E-state index contributed by atoms with van der Waals surface area (Å²) in [5.41, 5.74) is 2.28. The highest BCUT2D eigenvalue weighted by atomic mass is 19.1. The molecular formula is C13H16FNO2. The molecule has 1 unspecified atom stereocenters. The molecule has 0 heterocycles. The molecule has 0 radical (unpaired) electrons. The predicted octanol–water partition coefficient (Wildman–Crippen LogP) is 2.40. The summed E-state index contributed by atoms with van der Waals surface area (Å²) in [4.78, 5) is 11.9. The highest BCUT2D eigenvalue weighted by molar-refractivity contribution is 6.03. The molecule has 1 atom stereocenters. The Kier molecular flexibility index (Phi) is 3.15. The van der Waals surface area contributed by atoms with E-state index in [1.165, 1.54) is 13.0 Å². The lowest BCUT2D eigenvalue weighted by atomic mass is 9.86. The van der Waals surface area contributed by atoms with Crippen molar-refractivity contribution in [3.63, 3.8) is 0 Å². The van der Waals surface area contributed by atoms with E-state index in [4.69, 9.17) is 0 Å². The molecule has 0 saturated heterocycles. The first-order chi connectivity index (χ1) is 8.00. The van der Waals surface area contributed by atoms with E-state index in [1.54, 1.807) is 6.92 Å². The molecule has 3 nitrogen and oxygen atoms in total. The van der Waals surface area contributed by atoms with Crippen LogP contribution in [-0.4, -0.2) is 17.1 Å². The second-order valence-corrected chi connectivity index (χ2v) is 4.48. The third kappa shape index (κ3) is 2.17. The summed E-state index contributed by atoms with van der Waals surface area (Å²) in [5.74, 6) is -0.306. The molecule has 2 rings (SSSR count). The molecular weight excluding hydrogens is 221 g/mol. The van der Waals surface area contributed by atoms with Crippen LogP contribution in [0.4, 0.5) is 10.1 Å². The van der Waals surface area contributed by atoms with E-state index in [0.717, 1.165) is 18.4 Å². The summed E-state index contributed by atoms with van der Waals surface area (Å²) in [6.45, 7) is 3.23. The lowest BCUT2D eigenvalue weighted by Gasteiger charge is -2.22. The van der Waals surface area contributed by atoms with E-state index in [0.29, 0.717) is 23.2 Å². The number of hydrogen-bond acceptors (Lipinski definition) is 3. The number of halogens is 1. The molecule has 0 amide bonds. The summed E-state index contributed by atoms with van der Waals surface area (Å²) in [5, 5.41) is 12.0. The third-order valence-electron chi connectivity index (χ3n) is 3.13. The summed E-state index contributed by atoms with van der Waals surface area (Å²) in [7, 11) is 0. The molecule has 1 aromatic rings. The van der Waals surface area contributed by atoms with Crippen LogP contribution < -0.4 is 5.32 Å². The minimum Gasteiger partial charge on any atom is -0.374 e. The van der Waals surface area contributed by atoms with E-state index in [-0.39, 0.29) is 11.6 Å². The molecule has 0 saturated carbocycles. The number of benzene rings is 1. The maximum Gasteiger partial charge on any atom is 0.165 e. The lowest BCUT2D eigenvalue weighted by Crippen LogP contribution is -2.21. The fraction of sp³-hybridized carbons (Fsp3) is 0.462. The average Bonchev–Trinajstić information content (AvgIpc) is 2.24. The van der Waals surface area contributed by atoms with Gasteiger partial charge in [0.15, 0.2) is 5.78 Å². The minimum atomic E-state index is -0.809. The second-order valence-electron chi connectivity index (χ2n) is 4.48. The maximum atomic E-state index is 13.7. The van der Waals surface area contributed by atoms with Crippen molar-refractivity contribution in [2.45, 2.75) is 39.3 Å². The van der Waals surface area contributed by atoms with E-state index >= 15 is 0 Å². The van der Waals surface area contributed by atoms with E-state index in [1.807, 2.05) is 0 Å². The molecule has 0 bridgehead atoms. The number of ketones is 1. The van der Waals surface area contributed by atoms with Gasteiger partial charge in [-0.3, -0.25) is 4.79 Å². The average molecular weight is 237 g/mol. The van der Waals surface area contributed by atoms with Gasteiger partial charge in [-0.05, 0) is 43.9 Å². The first-order valence-corrected chi connectivity index (χ1v) is 5.80. The largest absolute Gasteiger partial charge is 0.374 e. The smallest absolute Gasteiger partial charge is 0.165 e. The number of rotatable bonds is 2. The van der Waals surface area contributed by atoms with Gasteiger partial charge in [0.1, 0.15) is 12.0 Å². The highest BCUT2D eigenvalue weighted by Gasteiger charge is 2.24. The fourth-order valence-corrected chi connectivity index (χ4v) is 2.32. The Bertz CT molecular complexity index is 469. The van der Waals surface area contributed by atoms with Crippen molar-refractivity contribution < 1.29 is 14.3 Å². The van der Waals surface area contributed by atoms with Crippen LogP contribution in [0.3, 0.4) is 0 Å². The quantitative estimate of drug-likeness (QED) is 0.776. The van der Waals surface area contributed by atoms with Crippen molar-refractivity contribution in [1.82, 2.24) is 0 Å². The summed E-state index contributed by atoms with van der Waals surface area (Å²) in [6.07, 6.45) is 1.17. The van der Waals surface area contributed by atoms with Crippen molar-refractivity contribution in [2.75, 3.05) is 5.32 Å². The van der Waals surface area contributed by atoms with Crippen LogP contribution in [-0.2, 0) is 6.42 Å². The van der Waals surface area contributed by atoms with Gasteiger partial charge < -0.3 is 10.4 Å². The van der Waals surface area contributed by atoms with Gasteiger partial charge in [-0.15, -0.1) is 0 Å². The molecule has 17 heavy (non-hydrogen) atoms. The molecule has 0 aliphatic heterocycles. The Morgan fingerprint density at radius 1 is 1.47 bits per heavy atom. The maximum absolute atomic E-state index is 13.7. The third-order valence-corrected chi connectivity index (χ3v) is 3.13. The van der Waals surface area contributed by atoms with E-state index in [2.05, 4.69) is 5.32 Å². The van der Waals surface area contributed by atoms with Gasteiger partial charge in [0.05, 0.1) is 5.69 Å². The number of nitrogens with one attached hydrogen (secondary N) is 1. The highest BCUT2D eigenvalue weighted by Crippen LogP contribution is 2.32. The molecule has 0 aromatic heterocycles. The standard InChI is InChI=1S/C13H16FNO2/c1-7-9-4-3-5-12(17)13(9)11(6-10(7)14)15-8(2)16/h6,8,15-16H,3-5H2,1-2H3. The molecule has 0 spiro atoms. The number of carbonyl (C=O) groups is 1. The lowest BCUT2D eigenvalue weighted by molar-refractivity contribution is 0.0973. The van der Waals surface area contributed by atoms with Crippen molar-refractivity contribution >= 4 is 11.5 Å². The van der Waals surface area contributed by atoms with Crippen LogP contribution in [0.1, 0.15) is 41.3 Å². The number of aliphatic hydroxyl groups is 1. The number of anilines is 1. The SMILES string of the molecule is Cc1c(F)cc(NC(C)O)c2c1CCCC2=O. The molecule has 1 aliphatic rings. The Hall–Kier alpha value is -1.42. The number of aliphatic hydroxyl groups excluding tert-OH is 1. The van der Waals surface area contributed by atoms with Gasteiger partial charge in [-0.2, -0.15) is 0 Å². The zero-order valence-corrected chi connectivity index (χ0v) is 10.0. The van der Waals surface area contributed by atoms with Crippen LogP contribution in [0.15, 0.2) is 6.07 Å². The fourth-order valence-electron chi connectivity index (χ4n) is 2.32. The van der Waals surface area contributed by atoms with Gasteiger partial charge in [-0.25, -0.2) is 4.39 Å².